The molecule has 0 aliphatic heterocycles. The van der Waals surface area contributed by atoms with E-state index < -0.39 is 0 Å². The number of thiazole rings is 1. The van der Waals surface area contributed by atoms with Gasteiger partial charge in [0.2, 0.25) is 0 Å². The Labute approximate surface area is 132 Å². The van der Waals surface area contributed by atoms with Crippen molar-refractivity contribution in [1.82, 2.24) is 15.3 Å². The second kappa shape index (κ2) is 6.49. The van der Waals surface area contributed by atoms with E-state index in [9.17, 15) is 4.79 Å². The minimum atomic E-state index is -0.0827. The van der Waals surface area contributed by atoms with Crippen molar-refractivity contribution in [3.8, 4) is 11.3 Å². The van der Waals surface area contributed by atoms with Gasteiger partial charge in [-0.3, -0.25) is 9.78 Å². The minimum absolute atomic E-state index is 0.0827. The summed E-state index contributed by atoms with van der Waals surface area (Å²) >= 11 is 1.54. The van der Waals surface area contributed by atoms with Gasteiger partial charge >= 0.3 is 0 Å². The second-order valence-electron chi connectivity index (χ2n) is 4.91. The van der Waals surface area contributed by atoms with Crippen molar-refractivity contribution in [3.63, 3.8) is 0 Å². The summed E-state index contributed by atoms with van der Waals surface area (Å²) in [7, 11) is 0. The molecule has 0 bridgehead atoms. The van der Waals surface area contributed by atoms with Crippen LogP contribution in [-0.4, -0.2) is 15.9 Å². The van der Waals surface area contributed by atoms with Crippen LogP contribution < -0.4 is 5.32 Å². The van der Waals surface area contributed by atoms with E-state index in [2.05, 4.69) is 15.3 Å². The predicted molar refractivity (Wildman–Crippen MR) is 87.7 cm³/mol. The molecule has 4 nitrogen and oxygen atoms in total. The molecule has 2 aromatic heterocycles. The van der Waals surface area contributed by atoms with Gasteiger partial charge in [-0.15, -0.1) is 11.3 Å². The molecule has 0 aliphatic carbocycles. The van der Waals surface area contributed by atoms with Crippen LogP contribution in [-0.2, 0) is 6.54 Å². The highest BCUT2D eigenvalue weighted by molar-refractivity contribution is 7.09. The maximum absolute atomic E-state index is 12.1. The number of hydrogen-bond acceptors (Lipinski definition) is 4. The first-order chi connectivity index (χ1) is 10.7. The molecular weight excluding hydrogens is 294 g/mol. The average Bonchev–Trinajstić information content (AvgIpc) is 3.03. The van der Waals surface area contributed by atoms with Crippen molar-refractivity contribution >= 4 is 17.2 Å². The molecule has 0 atom stereocenters. The molecule has 1 amide bonds. The molecule has 1 aromatic carbocycles. The van der Waals surface area contributed by atoms with Gasteiger partial charge in [-0.05, 0) is 31.2 Å². The predicted octanol–water partition coefficient (Wildman–Crippen LogP) is 3.44. The molecule has 0 fully saturated rings. The van der Waals surface area contributed by atoms with E-state index in [4.69, 9.17) is 0 Å². The number of pyridine rings is 1. The highest BCUT2D eigenvalue weighted by atomic mass is 32.1. The highest BCUT2D eigenvalue weighted by Gasteiger charge is 2.08. The van der Waals surface area contributed by atoms with Gasteiger partial charge in [0, 0.05) is 28.9 Å². The van der Waals surface area contributed by atoms with E-state index in [1.54, 1.807) is 12.4 Å². The molecule has 3 aromatic rings. The molecule has 0 saturated carbocycles. The monoisotopic (exact) mass is 309 g/mol. The van der Waals surface area contributed by atoms with Gasteiger partial charge < -0.3 is 5.32 Å². The van der Waals surface area contributed by atoms with Crippen molar-refractivity contribution in [1.29, 1.82) is 0 Å². The van der Waals surface area contributed by atoms with Gasteiger partial charge in [-0.2, -0.15) is 0 Å². The molecule has 0 saturated heterocycles. The standard InChI is InChI=1S/C17H15N3OS/c1-12-2-4-14(5-3-12)17(21)19-10-16-20-15(11-22-16)13-6-8-18-9-7-13/h2-9,11H,10H2,1H3,(H,19,21). The molecule has 0 aliphatic rings. The normalized spacial score (nSPS) is 10.4. The first-order valence-electron chi connectivity index (χ1n) is 6.92. The van der Waals surface area contributed by atoms with Gasteiger partial charge in [0.15, 0.2) is 0 Å². The number of benzene rings is 1. The fraction of sp³-hybridized carbons (Fsp3) is 0.118. The maximum Gasteiger partial charge on any atom is 0.251 e. The Hall–Kier alpha value is -2.53. The van der Waals surface area contributed by atoms with Crippen LogP contribution >= 0.6 is 11.3 Å². The van der Waals surface area contributed by atoms with Crippen LogP contribution in [0.1, 0.15) is 20.9 Å². The van der Waals surface area contributed by atoms with E-state index in [1.807, 2.05) is 48.7 Å². The van der Waals surface area contributed by atoms with Crippen LogP contribution in [0.5, 0.6) is 0 Å². The Kier molecular flexibility index (Phi) is 4.25. The first-order valence-corrected chi connectivity index (χ1v) is 7.80. The van der Waals surface area contributed by atoms with E-state index in [0.717, 1.165) is 21.8 Å². The molecule has 0 radical (unpaired) electrons. The maximum atomic E-state index is 12.1. The summed E-state index contributed by atoms with van der Waals surface area (Å²) in [6.45, 7) is 2.43. The molecule has 3 rings (SSSR count). The first kappa shape index (κ1) is 14.4. The number of nitrogens with one attached hydrogen (secondary N) is 1. The summed E-state index contributed by atoms with van der Waals surface area (Å²) < 4.78 is 0. The van der Waals surface area contributed by atoms with Crippen LogP contribution in [0.3, 0.4) is 0 Å². The lowest BCUT2D eigenvalue weighted by Gasteiger charge is -2.03. The van der Waals surface area contributed by atoms with Crippen LogP contribution in [0.2, 0.25) is 0 Å². The topological polar surface area (TPSA) is 54.9 Å². The van der Waals surface area contributed by atoms with Crippen molar-refractivity contribution < 1.29 is 4.79 Å². The molecule has 2 heterocycles. The zero-order valence-electron chi connectivity index (χ0n) is 12.1. The Bertz CT molecular complexity index is 766. The quantitative estimate of drug-likeness (QED) is 0.803. The zero-order valence-corrected chi connectivity index (χ0v) is 12.9. The van der Waals surface area contributed by atoms with Crippen molar-refractivity contribution in [2.75, 3.05) is 0 Å². The molecular formula is C17H15N3OS. The third-order valence-corrected chi connectivity index (χ3v) is 4.09. The minimum Gasteiger partial charge on any atom is -0.346 e. The van der Waals surface area contributed by atoms with Crippen molar-refractivity contribution in [3.05, 3.63) is 70.3 Å². The lowest BCUT2D eigenvalue weighted by molar-refractivity contribution is 0.0951. The van der Waals surface area contributed by atoms with E-state index >= 15 is 0 Å². The number of rotatable bonds is 4. The molecule has 110 valence electrons. The fourth-order valence-corrected chi connectivity index (χ4v) is 2.75. The third-order valence-electron chi connectivity index (χ3n) is 3.24. The van der Waals surface area contributed by atoms with E-state index in [0.29, 0.717) is 12.1 Å². The van der Waals surface area contributed by atoms with E-state index in [-0.39, 0.29) is 5.91 Å². The average molecular weight is 309 g/mol. The molecule has 0 spiro atoms. The Morgan fingerprint density at radius 1 is 1.14 bits per heavy atom. The summed E-state index contributed by atoms with van der Waals surface area (Å²) in [6.07, 6.45) is 3.49. The molecule has 5 heteroatoms. The van der Waals surface area contributed by atoms with Gasteiger partial charge in [-0.1, -0.05) is 17.7 Å². The number of aryl methyl sites for hydroxylation is 1. The van der Waals surface area contributed by atoms with Crippen molar-refractivity contribution in [2.45, 2.75) is 13.5 Å². The second-order valence-corrected chi connectivity index (χ2v) is 5.85. The van der Waals surface area contributed by atoms with Gasteiger partial charge in [0.1, 0.15) is 5.01 Å². The summed E-state index contributed by atoms with van der Waals surface area (Å²) in [4.78, 5) is 20.6. The Morgan fingerprint density at radius 3 is 2.59 bits per heavy atom. The number of amides is 1. The largest absolute Gasteiger partial charge is 0.346 e. The molecule has 22 heavy (non-hydrogen) atoms. The Balaban J connectivity index is 1.64. The molecule has 1 N–H and O–H groups in total. The number of hydrogen-bond donors (Lipinski definition) is 1. The number of carbonyl (C=O) groups is 1. The fourth-order valence-electron chi connectivity index (χ4n) is 2.01. The van der Waals surface area contributed by atoms with Crippen LogP contribution in [0, 0.1) is 6.92 Å². The van der Waals surface area contributed by atoms with Crippen molar-refractivity contribution in [2.24, 2.45) is 0 Å². The summed E-state index contributed by atoms with van der Waals surface area (Å²) in [5.74, 6) is -0.0827. The zero-order chi connectivity index (χ0) is 15.4. The van der Waals surface area contributed by atoms with Crippen LogP contribution in [0.4, 0.5) is 0 Å². The molecule has 0 unspecified atom stereocenters. The lowest BCUT2D eigenvalue weighted by atomic mass is 10.1. The van der Waals surface area contributed by atoms with Gasteiger partial charge in [-0.25, -0.2) is 4.98 Å². The Morgan fingerprint density at radius 2 is 1.86 bits per heavy atom. The van der Waals surface area contributed by atoms with Crippen LogP contribution in [0.25, 0.3) is 11.3 Å². The van der Waals surface area contributed by atoms with Gasteiger partial charge in [0.25, 0.3) is 5.91 Å². The summed E-state index contributed by atoms with van der Waals surface area (Å²) in [5.41, 5.74) is 3.74. The smallest absolute Gasteiger partial charge is 0.251 e. The third kappa shape index (κ3) is 3.38. The SMILES string of the molecule is Cc1ccc(C(=O)NCc2nc(-c3ccncc3)cs2)cc1. The highest BCUT2D eigenvalue weighted by Crippen LogP contribution is 2.20. The summed E-state index contributed by atoms with van der Waals surface area (Å²) in [6, 6.07) is 11.4. The van der Waals surface area contributed by atoms with E-state index in [1.165, 1.54) is 11.3 Å². The van der Waals surface area contributed by atoms with Gasteiger partial charge in [0.05, 0.1) is 12.2 Å². The number of nitrogens with zero attached hydrogens (tertiary/aromatic N) is 2. The number of carbonyl (C=O) groups excluding carboxylic acids is 1. The lowest BCUT2D eigenvalue weighted by Crippen LogP contribution is -2.22. The number of aromatic nitrogens is 2. The van der Waals surface area contributed by atoms with Crippen LogP contribution in [0.15, 0.2) is 54.2 Å². The summed E-state index contributed by atoms with van der Waals surface area (Å²) in [5, 5.41) is 5.77.